The van der Waals surface area contributed by atoms with Crippen LogP contribution in [0, 0.1) is 0 Å². The first-order valence-electron chi connectivity index (χ1n) is 10.6. The van der Waals surface area contributed by atoms with Crippen molar-refractivity contribution in [3.8, 4) is 22.8 Å². The molecule has 1 aromatic carbocycles. The van der Waals surface area contributed by atoms with Crippen LogP contribution in [0.1, 0.15) is 0 Å². The number of anilines is 1. The highest BCUT2D eigenvalue weighted by Gasteiger charge is 2.15. The van der Waals surface area contributed by atoms with Crippen molar-refractivity contribution in [3.05, 3.63) is 52.9 Å². The molecule has 0 unspecified atom stereocenters. The fourth-order valence-corrected chi connectivity index (χ4v) is 3.68. The SMILES string of the molecule is CN(CCN1CCOCC1)c1nccc(-c2cc(-c3nc4ccccc4[nH]3)c(=O)[nH]n2)n1. The van der Waals surface area contributed by atoms with Gasteiger partial charge in [0, 0.05) is 39.4 Å². The summed E-state index contributed by atoms with van der Waals surface area (Å²) in [5.74, 6) is 1.10. The predicted molar refractivity (Wildman–Crippen MR) is 122 cm³/mol. The van der Waals surface area contributed by atoms with Crippen LogP contribution in [-0.2, 0) is 4.74 Å². The van der Waals surface area contributed by atoms with Crippen molar-refractivity contribution in [3.63, 3.8) is 0 Å². The number of aromatic nitrogens is 6. The van der Waals surface area contributed by atoms with Gasteiger partial charge in [-0.05, 0) is 24.3 Å². The summed E-state index contributed by atoms with van der Waals surface area (Å²) in [6.07, 6.45) is 1.70. The topological polar surface area (TPSA) is 116 Å². The van der Waals surface area contributed by atoms with E-state index in [1.807, 2.05) is 36.2 Å². The summed E-state index contributed by atoms with van der Waals surface area (Å²) in [6, 6.07) is 11.1. The van der Waals surface area contributed by atoms with E-state index in [4.69, 9.17) is 4.74 Å². The number of imidazole rings is 1. The molecule has 10 nitrogen and oxygen atoms in total. The maximum atomic E-state index is 12.5. The molecule has 10 heteroatoms. The van der Waals surface area contributed by atoms with E-state index < -0.39 is 0 Å². The Hall–Kier alpha value is -3.63. The van der Waals surface area contributed by atoms with Crippen LogP contribution in [0.4, 0.5) is 5.95 Å². The minimum Gasteiger partial charge on any atom is -0.379 e. The van der Waals surface area contributed by atoms with E-state index >= 15 is 0 Å². The van der Waals surface area contributed by atoms with E-state index in [-0.39, 0.29) is 5.56 Å². The summed E-state index contributed by atoms with van der Waals surface area (Å²) in [5.41, 5.74) is 2.93. The van der Waals surface area contributed by atoms with Gasteiger partial charge in [-0.3, -0.25) is 9.69 Å². The zero-order chi connectivity index (χ0) is 21.9. The van der Waals surface area contributed by atoms with Gasteiger partial charge in [-0.1, -0.05) is 12.1 Å². The van der Waals surface area contributed by atoms with E-state index in [1.165, 1.54) is 0 Å². The summed E-state index contributed by atoms with van der Waals surface area (Å²) in [4.78, 5) is 33.7. The molecule has 0 aliphatic carbocycles. The van der Waals surface area contributed by atoms with Gasteiger partial charge in [-0.25, -0.2) is 20.1 Å². The fourth-order valence-electron chi connectivity index (χ4n) is 3.68. The van der Waals surface area contributed by atoms with Crippen LogP contribution in [0.2, 0.25) is 0 Å². The molecule has 1 fully saturated rings. The van der Waals surface area contributed by atoms with Crippen LogP contribution in [0.3, 0.4) is 0 Å². The lowest BCUT2D eigenvalue weighted by molar-refractivity contribution is 0.0392. The molecule has 4 aromatic rings. The number of rotatable bonds is 6. The van der Waals surface area contributed by atoms with Crippen LogP contribution < -0.4 is 10.5 Å². The Labute approximate surface area is 184 Å². The van der Waals surface area contributed by atoms with E-state index in [2.05, 4.69) is 35.0 Å². The molecule has 0 amide bonds. The molecule has 3 aromatic heterocycles. The lowest BCUT2D eigenvalue weighted by Crippen LogP contribution is -2.41. The average molecular weight is 432 g/mol. The van der Waals surface area contributed by atoms with Gasteiger partial charge in [-0.15, -0.1) is 0 Å². The Kier molecular flexibility index (Phi) is 5.61. The normalized spacial score (nSPS) is 14.7. The minimum absolute atomic E-state index is 0.315. The number of ether oxygens (including phenoxy) is 1. The highest BCUT2D eigenvalue weighted by Crippen LogP contribution is 2.21. The maximum Gasteiger partial charge on any atom is 0.275 e. The molecule has 1 aliphatic heterocycles. The molecule has 1 aliphatic rings. The smallest absolute Gasteiger partial charge is 0.275 e. The second-order valence-corrected chi connectivity index (χ2v) is 7.72. The zero-order valence-electron chi connectivity index (χ0n) is 17.8. The monoisotopic (exact) mass is 432 g/mol. The van der Waals surface area contributed by atoms with Crippen LogP contribution in [0.25, 0.3) is 33.8 Å². The first-order chi connectivity index (χ1) is 15.7. The summed E-state index contributed by atoms with van der Waals surface area (Å²) in [7, 11) is 1.97. The quantitative estimate of drug-likeness (QED) is 0.471. The molecule has 0 spiro atoms. The molecule has 2 N–H and O–H groups in total. The largest absolute Gasteiger partial charge is 0.379 e. The third-order valence-electron chi connectivity index (χ3n) is 5.55. The van der Waals surface area contributed by atoms with Crippen molar-refractivity contribution in [2.45, 2.75) is 0 Å². The highest BCUT2D eigenvalue weighted by molar-refractivity contribution is 5.79. The van der Waals surface area contributed by atoms with E-state index in [1.54, 1.807) is 18.3 Å². The lowest BCUT2D eigenvalue weighted by atomic mass is 10.2. The highest BCUT2D eigenvalue weighted by atomic mass is 16.5. The van der Waals surface area contributed by atoms with Gasteiger partial charge >= 0.3 is 0 Å². The molecule has 4 heterocycles. The first-order valence-corrected chi connectivity index (χ1v) is 10.6. The van der Waals surface area contributed by atoms with Gasteiger partial charge in [0.25, 0.3) is 5.56 Å². The van der Waals surface area contributed by atoms with Gasteiger partial charge in [0.2, 0.25) is 5.95 Å². The number of fused-ring (bicyclic) bond motifs is 1. The Morgan fingerprint density at radius 2 is 1.97 bits per heavy atom. The predicted octanol–water partition coefficient (Wildman–Crippen LogP) is 1.54. The Morgan fingerprint density at radius 3 is 2.81 bits per heavy atom. The molecule has 5 rings (SSSR count). The number of nitrogens with one attached hydrogen (secondary N) is 2. The van der Waals surface area contributed by atoms with Crippen LogP contribution in [0.5, 0.6) is 0 Å². The third-order valence-corrected chi connectivity index (χ3v) is 5.55. The number of morpholine rings is 1. The van der Waals surface area contributed by atoms with Crippen molar-refractivity contribution in [2.24, 2.45) is 0 Å². The molecule has 0 bridgehead atoms. The van der Waals surface area contributed by atoms with Gasteiger partial charge < -0.3 is 14.6 Å². The van der Waals surface area contributed by atoms with Gasteiger partial charge in [0.1, 0.15) is 11.5 Å². The molecule has 1 saturated heterocycles. The summed E-state index contributed by atoms with van der Waals surface area (Å²) >= 11 is 0. The van der Waals surface area contributed by atoms with Crippen molar-refractivity contribution < 1.29 is 4.74 Å². The number of benzene rings is 1. The van der Waals surface area contributed by atoms with Crippen LogP contribution in [-0.4, -0.2) is 81.5 Å². The standard InChI is InChI=1S/C22H24N8O2/c1-29(8-9-30-10-12-32-13-11-30)22-23-7-6-18(26-22)19-14-15(21(31)28-27-19)20-24-16-4-2-3-5-17(16)25-20/h2-7,14H,8-13H2,1H3,(H,24,25)(H,28,31). The average Bonchev–Trinajstić information content (AvgIpc) is 3.27. The molecule has 32 heavy (non-hydrogen) atoms. The minimum atomic E-state index is -0.315. The number of para-hydroxylation sites is 2. The number of H-pyrrole nitrogens is 2. The molecule has 164 valence electrons. The molecule has 0 radical (unpaired) electrons. The van der Waals surface area contributed by atoms with Crippen LogP contribution >= 0.6 is 0 Å². The summed E-state index contributed by atoms with van der Waals surface area (Å²) in [6.45, 7) is 5.16. The molecule has 0 atom stereocenters. The van der Waals surface area contributed by atoms with Gasteiger partial charge in [0.15, 0.2) is 0 Å². The Morgan fingerprint density at radius 1 is 1.12 bits per heavy atom. The lowest BCUT2D eigenvalue weighted by Gasteiger charge is -2.28. The van der Waals surface area contributed by atoms with Crippen molar-refractivity contribution in [1.29, 1.82) is 0 Å². The van der Waals surface area contributed by atoms with Crippen molar-refractivity contribution >= 4 is 17.0 Å². The van der Waals surface area contributed by atoms with E-state index in [0.29, 0.717) is 28.7 Å². The number of hydrogen-bond donors (Lipinski definition) is 2. The second kappa shape index (κ2) is 8.85. The molecule has 0 saturated carbocycles. The van der Waals surface area contributed by atoms with Gasteiger partial charge in [0.05, 0.1) is 35.5 Å². The van der Waals surface area contributed by atoms with Crippen molar-refractivity contribution in [1.82, 2.24) is 35.0 Å². The first kappa shape index (κ1) is 20.3. The number of likely N-dealkylation sites (N-methyl/N-ethyl adjacent to an activating group) is 1. The summed E-state index contributed by atoms with van der Waals surface area (Å²) < 4.78 is 5.40. The molecular formula is C22H24N8O2. The fraction of sp³-hybridized carbons (Fsp3) is 0.318. The third kappa shape index (κ3) is 4.23. The van der Waals surface area contributed by atoms with Crippen LogP contribution in [0.15, 0.2) is 47.4 Å². The number of hydrogen-bond acceptors (Lipinski definition) is 8. The van der Waals surface area contributed by atoms with E-state index in [0.717, 1.165) is 50.4 Å². The maximum absolute atomic E-state index is 12.5. The second-order valence-electron chi connectivity index (χ2n) is 7.72. The summed E-state index contributed by atoms with van der Waals surface area (Å²) in [5, 5.41) is 6.77. The van der Waals surface area contributed by atoms with Gasteiger partial charge in [-0.2, -0.15) is 5.10 Å². The van der Waals surface area contributed by atoms with E-state index in [9.17, 15) is 4.79 Å². The number of nitrogens with zero attached hydrogens (tertiary/aromatic N) is 6. The number of aromatic amines is 2. The Balaban J connectivity index is 1.39. The Bertz CT molecular complexity index is 1250. The van der Waals surface area contributed by atoms with Crippen molar-refractivity contribution in [2.75, 3.05) is 51.3 Å². The molecular weight excluding hydrogens is 408 g/mol. The zero-order valence-corrected chi connectivity index (χ0v) is 17.8.